The van der Waals surface area contributed by atoms with Crippen molar-refractivity contribution in [2.45, 2.75) is 119 Å². The molecule has 0 spiro atoms. The Morgan fingerprint density at radius 1 is 0.941 bits per heavy atom. The van der Waals surface area contributed by atoms with Crippen LogP contribution in [0, 0.1) is 23.7 Å². The van der Waals surface area contributed by atoms with E-state index in [2.05, 4.69) is 32.6 Å². The van der Waals surface area contributed by atoms with Crippen molar-refractivity contribution in [1.29, 1.82) is 0 Å². The molecule has 2 aliphatic carbocycles. The third-order valence-electron chi connectivity index (χ3n) is 10.5. The molecular formula is C27H47BN2O3S. The average molecular weight is 491 g/mol. The molecule has 0 bridgehead atoms. The second-order valence-corrected chi connectivity index (χ2v) is 14.4. The van der Waals surface area contributed by atoms with Crippen LogP contribution in [0.4, 0.5) is 0 Å². The van der Waals surface area contributed by atoms with Crippen molar-refractivity contribution in [2.24, 2.45) is 29.4 Å². The van der Waals surface area contributed by atoms with Gasteiger partial charge in [0.1, 0.15) is 0 Å². The first-order valence-electron chi connectivity index (χ1n) is 14.2. The van der Waals surface area contributed by atoms with Crippen molar-refractivity contribution >= 4 is 24.8 Å². The average Bonchev–Trinajstić information content (AvgIpc) is 3.36. The quantitative estimate of drug-likeness (QED) is 0.554. The third-order valence-corrected chi connectivity index (χ3v) is 12.1. The molecular weight excluding hydrogens is 443 g/mol. The number of piperidine rings is 1. The Kier molecular flexibility index (Phi) is 7.41. The summed E-state index contributed by atoms with van der Waals surface area (Å²) in [6.07, 6.45) is 12.4. The van der Waals surface area contributed by atoms with Crippen LogP contribution < -0.4 is 5.73 Å². The number of nitrogens with zero attached hydrogens (tertiary/aromatic N) is 1. The maximum atomic E-state index is 13.6. The number of hydrogen-bond acceptors (Lipinski definition) is 5. The first kappa shape index (κ1) is 25.4. The van der Waals surface area contributed by atoms with Crippen molar-refractivity contribution in [1.82, 2.24) is 4.90 Å². The Morgan fingerprint density at radius 3 is 2.29 bits per heavy atom. The van der Waals surface area contributed by atoms with Crippen molar-refractivity contribution in [3.8, 4) is 0 Å². The van der Waals surface area contributed by atoms with Crippen molar-refractivity contribution in [2.75, 3.05) is 19.6 Å². The minimum atomic E-state index is -0.279. The lowest BCUT2D eigenvalue weighted by Crippen LogP contribution is -2.44. The summed E-state index contributed by atoms with van der Waals surface area (Å²) < 4.78 is 12.9. The number of nitrogens with two attached hydrogens (primary N) is 1. The monoisotopic (exact) mass is 490 g/mol. The second-order valence-electron chi connectivity index (χ2n) is 13.0. The molecule has 192 valence electrons. The highest BCUT2D eigenvalue weighted by Gasteiger charge is 2.58. The van der Waals surface area contributed by atoms with Gasteiger partial charge in [0.05, 0.1) is 16.5 Å². The molecule has 0 aromatic heterocycles. The predicted molar refractivity (Wildman–Crippen MR) is 141 cm³/mol. The zero-order valence-corrected chi connectivity index (χ0v) is 22.8. The molecule has 5 nitrogen and oxygen atoms in total. The Bertz CT molecular complexity index is 725. The van der Waals surface area contributed by atoms with Crippen LogP contribution in [0.25, 0.3) is 0 Å². The number of amides is 1. The van der Waals surface area contributed by atoms with Gasteiger partial charge >= 0.3 is 7.12 Å². The number of carbonyl (C=O) groups is 1. The molecule has 5 aliphatic rings. The van der Waals surface area contributed by atoms with Gasteiger partial charge in [0.2, 0.25) is 5.91 Å². The van der Waals surface area contributed by atoms with E-state index in [1.807, 2.05) is 11.8 Å². The van der Waals surface area contributed by atoms with Crippen LogP contribution in [0.2, 0.25) is 5.82 Å². The van der Waals surface area contributed by atoms with Crippen LogP contribution in [-0.4, -0.2) is 59.3 Å². The Balaban J connectivity index is 1.16. The molecule has 6 atom stereocenters. The Morgan fingerprint density at radius 2 is 1.62 bits per heavy atom. The first-order chi connectivity index (χ1) is 16.2. The Hall–Kier alpha value is -0.235. The van der Waals surface area contributed by atoms with Crippen LogP contribution in [0.3, 0.4) is 0 Å². The number of rotatable bonds is 4. The highest BCUT2D eigenvalue weighted by molar-refractivity contribution is 8.01. The minimum absolute atomic E-state index is 0.129. The van der Waals surface area contributed by atoms with E-state index in [4.69, 9.17) is 15.0 Å². The van der Waals surface area contributed by atoms with Gasteiger partial charge in [-0.05, 0) is 102 Å². The normalized spacial score (nSPS) is 40.4. The molecule has 5 fully saturated rings. The van der Waals surface area contributed by atoms with Crippen molar-refractivity contribution in [3.63, 3.8) is 0 Å². The molecule has 1 amide bonds. The molecule has 34 heavy (non-hydrogen) atoms. The van der Waals surface area contributed by atoms with Crippen LogP contribution in [0.5, 0.6) is 0 Å². The molecule has 6 unspecified atom stereocenters. The largest absolute Gasteiger partial charge is 0.461 e. The van der Waals surface area contributed by atoms with Gasteiger partial charge in [-0.3, -0.25) is 4.79 Å². The van der Waals surface area contributed by atoms with E-state index >= 15 is 0 Å². The predicted octanol–water partition coefficient (Wildman–Crippen LogP) is 5.13. The summed E-state index contributed by atoms with van der Waals surface area (Å²) in [5.74, 6) is 3.73. The van der Waals surface area contributed by atoms with Gasteiger partial charge in [0, 0.05) is 18.3 Å². The van der Waals surface area contributed by atoms with Gasteiger partial charge in [-0.25, -0.2) is 0 Å². The Labute approximate surface area is 212 Å². The lowest BCUT2D eigenvalue weighted by atomic mass is 9.58. The van der Waals surface area contributed by atoms with Crippen molar-refractivity contribution < 1.29 is 14.1 Å². The standard InChI is InChI=1S/C27H47BN2O3S/c1-26(2)27(3,4)33-28(32-26)22-9-6-10-23-21(22)16-24(34-23)25(31)30-13-11-19(12-14-30)20-8-5-7-18(15-20)17-29/h18-24H,5-17,29H2,1-4H3. The molecule has 3 aliphatic heterocycles. The number of fused-ring (bicyclic) bond motifs is 1. The molecule has 5 rings (SSSR count). The summed E-state index contributed by atoms with van der Waals surface area (Å²) >= 11 is 1.97. The maximum absolute atomic E-state index is 13.6. The number of hydrogen-bond donors (Lipinski definition) is 1. The van der Waals surface area contributed by atoms with Gasteiger partial charge in [-0.15, -0.1) is 11.8 Å². The van der Waals surface area contributed by atoms with Crippen LogP contribution in [0.1, 0.15) is 91.9 Å². The SMILES string of the molecule is CC1(C)OB(C2CCCC3SC(C(=O)N4CCC(C5CCCC(CN)C5)CC4)CC32)OC1(C)C. The van der Waals surface area contributed by atoms with E-state index in [9.17, 15) is 4.79 Å². The summed E-state index contributed by atoms with van der Waals surface area (Å²) in [7, 11) is -0.129. The molecule has 0 aromatic rings. The fourth-order valence-corrected chi connectivity index (χ4v) is 9.44. The highest BCUT2D eigenvalue weighted by Crippen LogP contribution is 2.55. The topological polar surface area (TPSA) is 64.8 Å². The third kappa shape index (κ3) is 4.85. The molecule has 7 heteroatoms. The van der Waals surface area contributed by atoms with Gasteiger partial charge in [0.25, 0.3) is 0 Å². The molecule has 0 radical (unpaired) electrons. The number of carbonyl (C=O) groups excluding carboxylic acids is 1. The number of likely N-dealkylation sites (tertiary alicyclic amines) is 1. The second kappa shape index (κ2) is 9.91. The van der Waals surface area contributed by atoms with E-state index in [-0.39, 0.29) is 23.6 Å². The van der Waals surface area contributed by atoms with Crippen LogP contribution >= 0.6 is 11.8 Å². The van der Waals surface area contributed by atoms with E-state index in [1.54, 1.807) is 0 Å². The molecule has 0 aromatic carbocycles. The highest BCUT2D eigenvalue weighted by atomic mass is 32.2. The molecule has 3 heterocycles. The molecule has 3 saturated heterocycles. The summed E-state index contributed by atoms with van der Waals surface area (Å²) in [5.41, 5.74) is 5.42. The number of thioether (sulfide) groups is 1. The van der Waals surface area contributed by atoms with E-state index < -0.39 is 0 Å². The van der Waals surface area contributed by atoms with Gasteiger partial charge in [0.15, 0.2) is 0 Å². The van der Waals surface area contributed by atoms with E-state index in [0.29, 0.717) is 22.9 Å². The van der Waals surface area contributed by atoms with Gasteiger partial charge in [-0.1, -0.05) is 25.7 Å². The molecule has 2 N–H and O–H groups in total. The van der Waals surface area contributed by atoms with Crippen LogP contribution in [-0.2, 0) is 14.1 Å². The van der Waals surface area contributed by atoms with Crippen molar-refractivity contribution in [3.05, 3.63) is 0 Å². The lowest BCUT2D eigenvalue weighted by Gasteiger charge is -2.40. The van der Waals surface area contributed by atoms with Gasteiger partial charge in [-0.2, -0.15) is 0 Å². The summed E-state index contributed by atoms with van der Waals surface area (Å²) in [6.45, 7) is 11.4. The smallest absolute Gasteiger partial charge is 0.403 e. The van der Waals surface area contributed by atoms with Crippen LogP contribution in [0.15, 0.2) is 0 Å². The van der Waals surface area contributed by atoms with E-state index in [0.717, 1.165) is 50.2 Å². The lowest BCUT2D eigenvalue weighted by molar-refractivity contribution is -0.132. The zero-order chi connectivity index (χ0) is 24.1. The summed E-state index contributed by atoms with van der Waals surface area (Å²) in [5, 5.41) is 0.713. The molecule has 2 saturated carbocycles. The first-order valence-corrected chi connectivity index (χ1v) is 15.1. The minimum Gasteiger partial charge on any atom is -0.403 e. The summed E-state index contributed by atoms with van der Waals surface area (Å²) in [4.78, 5) is 15.8. The fourth-order valence-electron chi connectivity index (χ4n) is 7.60. The fraction of sp³-hybridized carbons (Fsp3) is 0.963. The summed E-state index contributed by atoms with van der Waals surface area (Å²) in [6, 6.07) is 0. The maximum Gasteiger partial charge on any atom is 0.461 e. The van der Waals surface area contributed by atoms with E-state index in [1.165, 1.54) is 51.4 Å². The zero-order valence-electron chi connectivity index (χ0n) is 22.0. The van der Waals surface area contributed by atoms with Gasteiger partial charge < -0.3 is 19.9 Å².